The molecule has 0 aliphatic heterocycles. The predicted molar refractivity (Wildman–Crippen MR) is 71.1 cm³/mol. The van der Waals surface area contributed by atoms with Crippen molar-refractivity contribution in [1.29, 1.82) is 0 Å². The van der Waals surface area contributed by atoms with Gasteiger partial charge in [-0.15, -0.1) is 0 Å². The number of fused-ring (bicyclic) bond motifs is 1. The fraction of sp³-hybridized carbons (Fsp3) is 0.538. The van der Waals surface area contributed by atoms with Crippen LogP contribution < -0.4 is 5.32 Å². The van der Waals surface area contributed by atoms with Crippen molar-refractivity contribution >= 4 is 10.1 Å². The second-order valence-electron chi connectivity index (χ2n) is 4.86. The van der Waals surface area contributed by atoms with Crippen LogP contribution in [0.25, 0.3) is 0 Å². The Balaban J connectivity index is 1.86. The Hall–Kier alpha value is -0.910. The number of nitrogens with one attached hydrogen (secondary N) is 1. The summed E-state index contributed by atoms with van der Waals surface area (Å²) in [6.07, 6.45) is 2.55. The van der Waals surface area contributed by atoms with E-state index in [9.17, 15) is 8.42 Å². The molecule has 0 saturated carbocycles. The summed E-state index contributed by atoms with van der Waals surface area (Å²) < 4.78 is 30.6. The van der Waals surface area contributed by atoms with Gasteiger partial charge in [0.15, 0.2) is 0 Å². The highest BCUT2D eigenvalue weighted by Gasteiger charge is 2.22. The average molecular weight is 269 g/mol. The van der Waals surface area contributed by atoms with Gasteiger partial charge in [0.1, 0.15) is 0 Å². The van der Waals surface area contributed by atoms with Crippen LogP contribution in [0, 0.1) is 0 Å². The van der Waals surface area contributed by atoms with Crippen LogP contribution in [0.1, 0.15) is 36.9 Å². The molecule has 2 atom stereocenters. The minimum absolute atomic E-state index is 0.315. The highest BCUT2D eigenvalue weighted by molar-refractivity contribution is 7.86. The normalized spacial score (nSPS) is 20.7. The summed E-state index contributed by atoms with van der Waals surface area (Å²) in [5, 5.41) is 2.66. The van der Waals surface area contributed by atoms with Crippen LogP contribution in [0.4, 0.5) is 0 Å². The van der Waals surface area contributed by atoms with E-state index in [1.54, 1.807) is 0 Å². The van der Waals surface area contributed by atoms with Crippen LogP contribution in [0.5, 0.6) is 0 Å². The summed E-state index contributed by atoms with van der Waals surface area (Å²) >= 11 is 0. The Morgan fingerprint density at radius 2 is 2.17 bits per heavy atom. The van der Waals surface area contributed by atoms with Gasteiger partial charge in [-0.3, -0.25) is 4.55 Å². The molecule has 1 unspecified atom stereocenters. The van der Waals surface area contributed by atoms with Crippen molar-refractivity contribution in [1.82, 2.24) is 5.32 Å². The van der Waals surface area contributed by atoms with Crippen molar-refractivity contribution in [3.63, 3.8) is 0 Å². The number of hydrogen-bond acceptors (Lipinski definition) is 3. The first-order valence-electron chi connectivity index (χ1n) is 6.26. The summed E-state index contributed by atoms with van der Waals surface area (Å²) in [7, 11) is -3.90. The molecule has 5 heteroatoms. The maximum Gasteiger partial charge on any atom is 0.267 e. The summed E-state index contributed by atoms with van der Waals surface area (Å²) in [5.41, 5.74) is 2.69. The first-order valence-corrected chi connectivity index (χ1v) is 7.76. The fourth-order valence-corrected chi connectivity index (χ4v) is 2.79. The van der Waals surface area contributed by atoms with Crippen LogP contribution in [0.3, 0.4) is 0 Å². The third-order valence-corrected chi connectivity index (χ3v) is 4.84. The average Bonchev–Trinajstić information content (AvgIpc) is 2.71. The maximum absolute atomic E-state index is 10.9. The van der Waals surface area contributed by atoms with Gasteiger partial charge >= 0.3 is 0 Å². The molecule has 4 nitrogen and oxygen atoms in total. The lowest BCUT2D eigenvalue weighted by Crippen LogP contribution is -2.26. The maximum atomic E-state index is 10.9. The van der Waals surface area contributed by atoms with Gasteiger partial charge in [0.05, 0.1) is 5.25 Å². The molecule has 1 aromatic carbocycles. The molecule has 2 N–H and O–H groups in total. The first kappa shape index (κ1) is 13.5. The van der Waals surface area contributed by atoms with Gasteiger partial charge in [0.2, 0.25) is 0 Å². The highest BCUT2D eigenvalue weighted by atomic mass is 32.2. The van der Waals surface area contributed by atoms with Gasteiger partial charge in [-0.25, -0.2) is 0 Å². The second kappa shape index (κ2) is 5.38. The molecule has 100 valence electrons. The largest absolute Gasteiger partial charge is 0.310 e. The zero-order chi connectivity index (χ0) is 13.2. The SMILES string of the molecule is CC(CCN[C@H]1CCc2ccccc21)S(=O)(=O)O. The summed E-state index contributed by atoms with van der Waals surface area (Å²) in [5.74, 6) is 0. The number of hydrogen-bond donors (Lipinski definition) is 2. The minimum Gasteiger partial charge on any atom is -0.310 e. The van der Waals surface area contributed by atoms with E-state index in [2.05, 4.69) is 17.4 Å². The van der Waals surface area contributed by atoms with Gasteiger partial charge in [0, 0.05) is 6.04 Å². The van der Waals surface area contributed by atoms with Gasteiger partial charge in [-0.05, 0) is 43.9 Å². The zero-order valence-corrected chi connectivity index (χ0v) is 11.3. The topological polar surface area (TPSA) is 66.4 Å². The lowest BCUT2D eigenvalue weighted by Gasteiger charge is -2.15. The van der Waals surface area contributed by atoms with Crippen molar-refractivity contribution in [2.45, 2.75) is 37.5 Å². The Morgan fingerprint density at radius 3 is 2.89 bits per heavy atom. The molecule has 18 heavy (non-hydrogen) atoms. The van der Waals surface area contributed by atoms with E-state index in [4.69, 9.17) is 4.55 Å². The molecule has 0 heterocycles. The standard InChI is InChI=1S/C13H19NO3S/c1-10(18(15,16)17)8-9-14-13-7-6-11-4-2-3-5-12(11)13/h2-5,10,13-14H,6-9H2,1H3,(H,15,16,17)/t10?,13-/m0/s1. The summed E-state index contributed by atoms with van der Waals surface area (Å²) in [4.78, 5) is 0. The van der Waals surface area contributed by atoms with E-state index < -0.39 is 15.4 Å². The van der Waals surface area contributed by atoms with E-state index >= 15 is 0 Å². The molecule has 2 rings (SSSR count). The molecule has 1 aliphatic rings. The van der Waals surface area contributed by atoms with Crippen molar-refractivity contribution in [2.24, 2.45) is 0 Å². The molecule has 0 bridgehead atoms. The molecule has 1 aromatic rings. The molecular weight excluding hydrogens is 250 g/mol. The quantitative estimate of drug-likeness (QED) is 0.802. The Morgan fingerprint density at radius 1 is 1.44 bits per heavy atom. The number of benzene rings is 1. The monoisotopic (exact) mass is 269 g/mol. The third kappa shape index (κ3) is 3.10. The molecule has 0 spiro atoms. The minimum atomic E-state index is -3.90. The van der Waals surface area contributed by atoms with Gasteiger partial charge in [-0.2, -0.15) is 8.42 Å². The molecule has 0 aromatic heterocycles. The van der Waals surface area contributed by atoms with Crippen LogP contribution in [-0.2, 0) is 16.5 Å². The lowest BCUT2D eigenvalue weighted by molar-refractivity contribution is 0.456. The van der Waals surface area contributed by atoms with Gasteiger partial charge in [-0.1, -0.05) is 24.3 Å². The van der Waals surface area contributed by atoms with Crippen LogP contribution >= 0.6 is 0 Å². The van der Waals surface area contributed by atoms with E-state index in [1.165, 1.54) is 18.1 Å². The molecule has 0 saturated heterocycles. The molecule has 0 amide bonds. The van der Waals surface area contributed by atoms with Crippen molar-refractivity contribution in [3.8, 4) is 0 Å². The van der Waals surface area contributed by atoms with Crippen LogP contribution in [-0.4, -0.2) is 24.8 Å². The number of aryl methyl sites for hydroxylation is 1. The summed E-state index contributed by atoms with van der Waals surface area (Å²) in [6, 6.07) is 8.64. The van der Waals surface area contributed by atoms with Crippen LogP contribution in [0.15, 0.2) is 24.3 Å². The Bertz CT molecular complexity index is 513. The molecule has 0 fully saturated rings. The van der Waals surface area contributed by atoms with Crippen LogP contribution in [0.2, 0.25) is 0 Å². The summed E-state index contributed by atoms with van der Waals surface area (Å²) in [6.45, 7) is 2.12. The lowest BCUT2D eigenvalue weighted by atomic mass is 10.1. The van der Waals surface area contributed by atoms with Gasteiger partial charge in [0.25, 0.3) is 10.1 Å². The van der Waals surface area contributed by atoms with E-state index in [0.717, 1.165) is 12.8 Å². The number of rotatable bonds is 5. The molecule has 1 aliphatic carbocycles. The van der Waals surface area contributed by atoms with E-state index in [0.29, 0.717) is 19.0 Å². The molecular formula is C13H19NO3S. The van der Waals surface area contributed by atoms with E-state index in [1.807, 2.05) is 12.1 Å². The van der Waals surface area contributed by atoms with Crippen molar-refractivity contribution in [3.05, 3.63) is 35.4 Å². The van der Waals surface area contributed by atoms with E-state index in [-0.39, 0.29) is 0 Å². The molecule has 0 radical (unpaired) electrons. The fourth-order valence-electron chi connectivity index (χ4n) is 2.38. The Kier molecular flexibility index (Phi) is 4.04. The van der Waals surface area contributed by atoms with Crippen molar-refractivity contribution < 1.29 is 13.0 Å². The Labute approximate surface area is 108 Å². The van der Waals surface area contributed by atoms with Gasteiger partial charge < -0.3 is 5.32 Å². The van der Waals surface area contributed by atoms with Crippen molar-refractivity contribution in [2.75, 3.05) is 6.54 Å². The second-order valence-corrected chi connectivity index (χ2v) is 6.69. The zero-order valence-electron chi connectivity index (χ0n) is 10.5. The first-order chi connectivity index (χ1) is 8.48. The highest BCUT2D eigenvalue weighted by Crippen LogP contribution is 2.30. The predicted octanol–water partition coefficient (Wildman–Crippen LogP) is 1.93. The smallest absolute Gasteiger partial charge is 0.267 e. The third-order valence-electron chi connectivity index (χ3n) is 3.58.